The minimum absolute atomic E-state index is 0.0410. The Morgan fingerprint density at radius 1 is 0.400 bits per heavy atom. The summed E-state index contributed by atoms with van der Waals surface area (Å²) in [6, 6.07) is 32.1. The van der Waals surface area contributed by atoms with Crippen LogP contribution in [0.15, 0.2) is 107 Å². The highest BCUT2D eigenvalue weighted by Gasteiger charge is 2.18. The lowest BCUT2D eigenvalue weighted by Crippen LogP contribution is -2.14. The maximum absolute atomic E-state index is 14.1. The predicted molar refractivity (Wildman–Crippen MR) is 167 cm³/mol. The number of pyridine rings is 2. The number of nitrogens with zero attached hydrogens (tertiary/aromatic N) is 2. The number of rotatable bonds is 2. The molecular formula is C36H28N2O2. The number of hydrogen-bond donors (Lipinski definition) is 0. The maximum Gasteiger partial charge on any atom is 0.197 e. The average Bonchev–Trinajstić information content (AvgIpc) is 2.92. The molecule has 0 N–H and O–H groups in total. The van der Waals surface area contributed by atoms with E-state index in [1.807, 2.05) is 60.7 Å². The first kappa shape index (κ1) is 24.1. The standard InChI is InChI=1S/C36H28N2O2/c1-21-13-22(2)16-25(15-21)37-31-11-7-5-9-27(31)35(39)29-20-34-30(19-33(29)37)36(40)28-10-6-8-12-32(28)38(34)26-17-23(3)14-24(4)18-26/h5-20H,1-4H3. The van der Waals surface area contributed by atoms with Crippen LogP contribution in [-0.2, 0) is 0 Å². The van der Waals surface area contributed by atoms with Crippen LogP contribution in [0, 0.1) is 27.7 Å². The summed E-state index contributed by atoms with van der Waals surface area (Å²) in [6.45, 7) is 8.31. The van der Waals surface area contributed by atoms with Crippen molar-refractivity contribution in [1.29, 1.82) is 0 Å². The van der Waals surface area contributed by atoms with Gasteiger partial charge in [0.25, 0.3) is 0 Å². The third-order valence-corrected chi connectivity index (χ3v) is 7.79. The third kappa shape index (κ3) is 3.60. The Morgan fingerprint density at radius 3 is 1.12 bits per heavy atom. The maximum atomic E-state index is 14.1. The van der Waals surface area contributed by atoms with Crippen LogP contribution in [-0.4, -0.2) is 9.13 Å². The number of aryl methyl sites for hydroxylation is 4. The van der Waals surface area contributed by atoms with Gasteiger partial charge < -0.3 is 9.13 Å². The Kier molecular flexibility index (Phi) is 5.29. The molecule has 0 bridgehead atoms. The van der Waals surface area contributed by atoms with Crippen molar-refractivity contribution in [1.82, 2.24) is 9.13 Å². The van der Waals surface area contributed by atoms with Crippen LogP contribution >= 0.6 is 0 Å². The number of fused-ring (bicyclic) bond motifs is 4. The zero-order valence-electron chi connectivity index (χ0n) is 22.9. The highest BCUT2D eigenvalue weighted by Crippen LogP contribution is 2.31. The van der Waals surface area contributed by atoms with Gasteiger partial charge >= 0.3 is 0 Å². The smallest absolute Gasteiger partial charge is 0.197 e. The first-order valence-electron chi connectivity index (χ1n) is 13.5. The van der Waals surface area contributed by atoms with Crippen LogP contribution < -0.4 is 10.9 Å². The van der Waals surface area contributed by atoms with E-state index in [0.29, 0.717) is 21.5 Å². The molecule has 0 aliphatic carbocycles. The van der Waals surface area contributed by atoms with Gasteiger partial charge in [-0.05, 0) is 111 Å². The minimum atomic E-state index is -0.0410. The lowest BCUT2D eigenvalue weighted by Gasteiger charge is -2.20. The van der Waals surface area contributed by atoms with E-state index in [-0.39, 0.29) is 10.9 Å². The van der Waals surface area contributed by atoms with E-state index in [1.165, 1.54) is 0 Å². The van der Waals surface area contributed by atoms with Crippen molar-refractivity contribution in [2.75, 3.05) is 0 Å². The zero-order chi connectivity index (χ0) is 27.7. The van der Waals surface area contributed by atoms with Gasteiger partial charge in [0.05, 0.1) is 22.1 Å². The Balaban J connectivity index is 1.75. The molecule has 0 saturated carbocycles. The first-order chi connectivity index (χ1) is 19.3. The Labute approximate surface area is 231 Å². The molecule has 0 amide bonds. The zero-order valence-corrected chi connectivity index (χ0v) is 22.9. The fraction of sp³-hybridized carbons (Fsp3) is 0.111. The molecule has 2 heterocycles. The summed E-state index contributed by atoms with van der Waals surface area (Å²) in [5, 5.41) is 2.46. The predicted octanol–water partition coefficient (Wildman–Crippen LogP) is 7.83. The molecule has 0 fully saturated rings. The lowest BCUT2D eigenvalue weighted by molar-refractivity contribution is 1.13. The summed E-state index contributed by atoms with van der Waals surface area (Å²) < 4.78 is 4.25. The summed E-state index contributed by atoms with van der Waals surface area (Å²) in [6.07, 6.45) is 0. The van der Waals surface area contributed by atoms with Crippen molar-refractivity contribution < 1.29 is 0 Å². The van der Waals surface area contributed by atoms with E-state index < -0.39 is 0 Å². The molecule has 2 aromatic heterocycles. The largest absolute Gasteiger partial charge is 0.309 e. The molecule has 0 aliphatic rings. The summed E-state index contributed by atoms with van der Waals surface area (Å²) in [5.41, 5.74) is 9.47. The summed E-state index contributed by atoms with van der Waals surface area (Å²) in [7, 11) is 0. The molecule has 5 aromatic carbocycles. The van der Waals surface area contributed by atoms with Gasteiger partial charge in [-0.1, -0.05) is 36.4 Å². The lowest BCUT2D eigenvalue weighted by atomic mass is 10.0. The van der Waals surface area contributed by atoms with Crippen molar-refractivity contribution in [2.24, 2.45) is 0 Å². The molecule has 7 aromatic rings. The molecule has 194 valence electrons. The number of benzene rings is 5. The average molecular weight is 521 g/mol. The second-order valence-electron chi connectivity index (χ2n) is 10.9. The van der Waals surface area contributed by atoms with E-state index in [9.17, 15) is 9.59 Å². The van der Waals surface area contributed by atoms with Crippen LogP contribution in [0.1, 0.15) is 22.3 Å². The monoisotopic (exact) mass is 520 g/mol. The van der Waals surface area contributed by atoms with Gasteiger partial charge in [-0.15, -0.1) is 0 Å². The highest BCUT2D eigenvalue weighted by atomic mass is 16.1. The Morgan fingerprint density at radius 2 is 0.750 bits per heavy atom. The van der Waals surface area contributed by atoms with Crippen molar-refractivity contribution in [2.45, 2.75) is 27.7 Å². The molecule has 4 nitrogen and oxygen atoms in total. The fourth-order valence-corrected chi connectivity index (χ4v) is 6.30. The van der Waals surface area contributed by atoms with E-state index in [4.69, 9.17) is 0 Å². The van der Waals surface area contributed by atoms with E-state index >= 15 is 0 Å². The topological polar surface area (TPSA) is 44.0 Å². The van der Waals surface area contributed by atoms with Crippen LogP contribution in [0.5, 0.6) is 0 Å². The van der Waals surface area contributed by atoms with Crippen molar-refractivity contribution in [3.63, 3.8) is 0 Å². The summed E-state index contributed by atoms with van der Waals surface area (Å²) in [4.78, 5) is 28.1. The van der Waals surface area contributed by atoms with Gasteiger partial charge in [-0.2, -0.15) is 0 Å². The molecule has 40 heavy (non-hydrogen) atoms. The molecule has 0 saturated heterocycles. The number of hydrogen-bond acceptors (Lipinski definition) is 2. The quantitative estimate of drug-likeness (QED) is 0.218. The van der Waals surface area contributed by atoms with Crippen LogP contribution in [0.3, 0.4) is 0 Å². The molecule has 0 radical (unpaired) electrons. The van der Waals surface area contributed by atoms with E-state index in [0.717, 1.165) is 55.7 Å². The minimum Gasteiger partial charge on any atom is -0.309 e. The number of para-hydroxylation sites is 2. The van der Waals surface area contributed by atoms with Gasteiger partial charge in [-0.3, -0.25) is 9.59 Å². The summed E-state index contributed by atoms with van der Waals surface area (Å²) in [5.74, 6) is 0. The Bertz CT molecular complexity index is 2100. The third-order valence-electron chi connectivity index (χ3n) is 7.79. The highest BCUT2D eigenvalue weighted by molar-refractivity contribution is 6.05. The van der Waals surface area contributed by atoms with Gasteiger partial charge in [0.15, 0.2) is 10.9 Å². The van der Waals surface area contributed by atoms with Crippen LogP contribution in [0.2, 0.25) is 0 Å². The SMILES string of the molecule is Cc1cc(C)cc(-n2c3ccccc3c(=O)c3cc4c(cc32)c(=O)c2ccccc2n4-c2cc(C)cc(C)c2)c1. The number of aromatic nitrogens is 2. The second kappa shape index (κ2) is 8.78. The van der Waals surface area contributed by atoms with E-state index in [2.05, 4.69) is 73.2 Å². The van der Waals surface area contributed by atoms with Gasteiger partial charge in [-0.25, -0.2) is 0 Å². The molecule has 0 spiro atoms. The van der Waals surface area contributed by atoms with Crippen molar-refractivity contribution >= 4 is 43.6 Å². The van der Waals surface area contributed by atoms with Gasteiger partial charge in [0.2, 0.25) is 0 Å². The van der Waals surface area contributed by atoms with Crippen LogP contribution in [0.25, 0.3) is 55.0 Å². The second-order valence-corrected chi connectivity index (χ2v) is 10.9. The normalized spacial score (nSPS) is 11.7. The van der Waals surface area contributed by atoms with E-state index in [1.54, 1.807) is 0 Å². The van der Waals surface area contributed by atoms with Gasteiger partial charge in [0.1, 0.15) is 0 Å². The molecule has 0 unspecified atom stereocenters. The molecule has 0 aliphatic heterocycles. The summed E-state index contributed by atoms with van der Waals surface area (Å²) >= 11 is 0. The Hall–Kier alpha value is -4.96. The van der Waals surface area contributed by atoms with Crippen LogP contribution in [0.4, 0.5) is 0 Å². The fourth-order valence-electron chi connectivity index (χ4n) is 6.30. The van der Waals surface area contributed by atoms with Gasteiger partial charge in [0, 0.05) is 32.9 Å². The molecule has 4 heteroatoms. The van der Waals surface area contributed by atoms with Crippen molar-refractivity contribution in [3.05, 3.63) is 140 Å². The first-order valence-corrected chi connectivity index (χ1v) is 13.5. The molecular weight excluding hydrogens is 492 g/mol. The molecule has 7 rings (SSSR count). The van der Waals surface area contributed by atoms with Crippen molar-refractivity contribution in [3.8, 4) is 11.4 Å². The molecule has 0 atom stereocenters.